The van der Waals surface area contributed by atoms with Gasteiger partial charge < -0.3 is 10.8 Å². The summed E-state index contributed by atoms with van der Waals surface area (Å²) in [4.78, 5) is 0. The van der Waals surface area contributed by atoms with Crippen LogP contribution in [0.15, 0.2) is 30.9 Å². The van der Waals surface area contributed by atoms with Crippen molar-refractivity contribution in [2.45, 2.75) is 12.5 Å². The summed E-state index contributed by atoms with van der Waals surface area (Å²) in [7, 11) is 0. The number of benzene rings is 1. The molecule has 0 aliphatic rings. The van der Waals surface area contributed by atoms with Crippen LogP contribution in [0.25, 0.3) is 0 Å². The van der Waals surface area contributed by atoms with Gasteiger partial charge in [0.1, 0.15) is 11.6 Å². The number of halogens is 2. The minimum Gasteiger partial charge on any atom is -0.508 e. The molecule has 1 aromatic rings. The smallest absolute Gasteiger partial charge is 0.123 e. The van der Waals surface area contributed by atoms with Gasteiger partial charge in [0.25, 0.3) is 0 Å². The van der Waals surface area contributed by atoms with Crippen LogP contribution in [0.1, 0.15) is 18.0 Å². The number of phenols is 1. The highest BCUT2D eigenvalue weighted by atomic mass is 35.5. The molecule has 0 fully saturated rings. The van der Waals surface area contributed by atoms with Gasteiger partial charge in [-0.05, 0) is 24.6 Å². The highest BCUT2D eigenvalue weighted by Crippen LogP contribution is 2.25. The number of phenolic OH excluding ortho intramolecular Hbond substituents is 1. The molecule has 0 amide bonds. The fourth-order valence-corrected chi connectivity index (χ4v) is 1.13. The van der Waals surface area contributed by atoms with Crippen molar-refractivity contribution in [3.8, 4) is 5.75 Å². The molecule has 0 spiro atoms. The maximum Gasteiger partial charge on any atom is 0.123 e. The van der Waals surface area contributed by atoms with Crippen LogP contribution < -0.4 is 5.73 Å². The lowest BCUT2D eigenvalue weighted by Crippen LogP contribution is -2.09. The van der Waals surface area contributed by atoms with Crippen molar-refractivity contribution in [3.05, 3.63) is 42.2 Å². The van der Waals surface area contributed by atoms with Crippen LogP contribution in [0.2, 0.25) is 0 Å². The Morgan fingerprint density at radius 3 is 2.79 bits per heavy atom. The van der Waals surface area contributed by atoms with Crippen LogP contribution in [-0.4, -0.2) is 5.11 Å². The molecule has 78 valence electrons. The highest BCUT2D eigenvalue weighted by molar-refractivity contribution is 5.85. The molecule has 0 saturated carbocycles. The lowest BCUT2D eigenvalue weighted by Gasteiger charge is -2.11. The van der Waals surface area contributed by atoms with Crippen molar-refractivity contribution >= 4 is 12.4 Å². The van der Waals surface area contributed by atoms with Gasteiger partial charge >= 0.3 is 0 Å². The van der Waals surface area contributed by atoms with E-state index >= 15 is 0 Å². The summed E-state index contributed by atoms with van der Waals surface area (Å²) in [5.74, 6) is -0.372. The van der Waals surface area contributed by atoms with Crippen LogP contribution in [0.4, 0.5) is 4.39 Å². The van der Waals surface area contributed by atoms with E-state index in [1.165, 1.54) is 18.2 Å². The zero-order valence-electron chi connectivity index (χ0n) is 7.61. The van der Waals surface area contributed by atoms with Crippen LogP contribution in [0.5, 0.6) is 5.75 Å². The predicted molar refractivity (Wildman–Crippen MR) is 57.1 cm³/mol. The first-order chi connectivity index (χ1) is 6.15. The molecule has 0 heterocycles. The normalized spacial score (nSPS) is 11.6. The van der Waals surface area contributed by atoms with E-state index in [1.54, 1.807) is 6.08 Å². The van der Waals surface area contributed by atoms with Gasteiger partial charge in [-0.15, -0.1) is 19.0 Å². The average molecular weight is 218 g/mol. The van der Waals surface area contributed by atoms with E-state index in [2.05, 4.69) is 6.58 Å². The number of nitrogens with two attached hydrogens (primary N) is 1. The zero-order chi connectivity index (χ0) is 9.84. The van der Waals surface area contributed by atoms with Gasteiger partial charge in [-0.1, -0.05) is 6.08 Å². The molecule has 14 heavy (non-hydrogen) atoms. The van der Waals surface area contributed by atoms with E-state index in [4.69, 9.17) is 5.73 Å². The van der Waals surface area contributed by atoms with E-state index in [-0.39, 0.29) is 18.2 Å². The van der Waals surface area contributed by atoms with Crippen molar-refractivity contribution in [1.82, 2.24) is 0 Å². The number of aromatic hydroxyl groups is 1. The third kappa shape index (κ3) is 3.01. The van der Waals surface area contributed by atoms with Gasteiger partial charge in [0.15, 0.2) is 0 Å². The van der Waals surface area contributed by atoms with Gasteiger partial charge in [-0.2, -0.15) is 0 Å². The summed E-state index contributed by atoms with van der Waals surface area (Å²) in [5, 5.41) is 9.35. The van der Waals surface area contributed by atoms with Crippen molar-refractivity contribution in [3.63, 3.8) is 0 Å². The van der Waals surface area contributed by atoms with Crippen LogP contribution >= 0.6 is 12.4 Å². The molecular formula is C10H13ClFNO. The molecule has 0 radical (unpaired) electrons. The quantitative estimate of drug-likeness (QED) is 0.765. The molecule has 1 aromatic carbocycles. The fourth-order valence-electron chi connectivity index (χ4n) is 1.13. The average Bonchev–Trinajstić information content (AvgIpc) is 2.09. The summed E-state index contributed by atoms with van der Waals surface area (Å²) in [6, 6.07) is 3.34. The Morgan fingerprint density at radius 2 is 2.21 bits per heavy atom. The molecule has 1 rings (SSSR count). The predicted octanol–water partition coefficient (Wildman–Crippen LogP) is 2.53. The number of rotatable bonds is 3. The third-order valence-electron chi connectivity index (χ3n) is 1.81. The lowest BCUT2D eigenvalue weighted by molar-refractivity contribution is 0.458. The molecule has 0 aliphatic carbocycles. The summed E-state index contributed by atoms with van der Waals surface area (Å²) in [6.07, 6.45) is 2.14. The summed E-state index contributed by atoms with van der Waals surface area (Å²) >= 11 is 0. The Labute approximate surface area is 88.7 Å². The second kappa shape index (κ2) is 5.62. The molecular weight excluding hydrogens is 205 g/mol. The first kappa shape index (κ1) is 12.9. The number of hydrogen-bond acceptors (Lipinski definition) is 2. The first-order valence-electron chi connectivity index (χ1n) is 4.00. The maximum absolute atomic E-state index is 12.8. The van der Waals surface area contributed by atoms with Crippen LogP contribution in [-0.2, 0) is 0 Å². The molecule has 0 bridgehead atoms. The van der Waals surface area contributed by atoms with Gasteiger partial charge in [-0.3, -0.25) is 0 Å². The standard InChI is InChI=1S/C10H12FNO.ClH/c1-2-3-9(12)8-6-7(11)4-5-10(8)13;/h2,4-6,9,13H,1,3,12H2;1H. The van der Waals surface area contributed by atoms with Gasteiger partial charge in [0.05, 0.1) is 0 Å². The second-order valence-corrected chi connectivity index (χ2v) is 2.83. The van der Waals surface area contributed by atoms with E-state index in [0.717, 1.165) is 0 Å². The second-order valence-electron chi connectivity index (χ2n) is 2.83. The SMILES string of the molecule is C=CCC(N)c1cc(F)ccc1O.Cl. The molecule has 2 nitrogen and oxygen atoms in total. The molecule has 3 N–H and O–H groups in total. The summed E-state index contributed by atoms with van der Waals surface area (Å²) < 4.78 is 12.8. The van der Waals surface area contributed by atoms with E-state index < -0.39 is 11.9 Å². The Morgan fingerprint density at radius 1 is 1.57 bits per heavy atom. The molecule has 0 aromatic heterocycles. The Bertz CT molecular complexity index is 317. The van der Waals surface area contributed by atoms with Crippen molar-refractivity contribution in [2.24, 2.45) is 5.73 Å². The van der Waals surface area contributed by atoms with Crippen LogP contribution in [0.3, 0.4) is 0 Å². The van der Waals surface area contributed by atoms with E-state index in [0.29, 0.717) is 12.0 Å². The minimum absolute atomic E-state index is 0. The first-order valence-corrected chi connectivity index (χ1v) is 4.00. The van der Waals surface area contributed by atoms with E-state index in [1.807, 2.05) is 0 Å². The zero-order valence-corrected chi connectivity index (χ0v) is 8.43. The number of hydrogen-bond donors (Lipinski definition) is 2. The van der Waals surface area contributed by atoms with Crippen molar-refractivity contribution in [1.29, 1.82) is 0 Å². The molecule has 1 unspecified atom stereocenters. The summed E-state index contributed by atoms with van der Waals surface area (Å²) in [5.41, 5.74) is 6.09. The molecule has 4 heteroatoms. The third-order valence-corrected chi connectivity index (χ3v) is 1.81. The maximum atomic E-state index is 12.8. The van der Waals surface area contributed by atoms with Crippen molar-refractivity contribution in [2.75, 3.05) is 0 Å². The van der Waals surface area contributed by atoms with Gasteiger partial charge in [0.2, 0.25) is 0 Å². The Hall–Kier alpha value is -1.06. The molecule has 0 saturated heterocycles. The van der Waals surface area contributed by atoms with Crippen LogP contribution in [0, 0.1) is 5.82 Å². The molecule has 1 atom stereocenters. The molecule has 0 aliphatic heterocycles. The van der Waals surface area contributed by atoms with Gasteiger partial charge in [-0.25, -0.2) is 4.39 Å². The van der Waals surface area contributed by atoms with Crippen molar-refractivity contribution < 1.29 is 9.50 Å². The highest BCUT2D eigenvalue weighted by Gasteiger charge is 2.09. The monoisotopic (exact) mass is 217 g/mol. The van der Waals surface area contributed by atoms with E-state index in [9.17, 15) is 9.50 Å². The topological polar surface area (TPSA) is 46.2 Å². The minimum atomic E-state index is -0.396. The Kier molecular flexibility index (Phi) is 5.20. The van der Waals surface area contributed by atoms with Gasteiger partial charge in [0, 0.05) is 11.6 Å². The Balaban J connectivity index is 0.00000169. The fraction of sp³-hybridized carbons (Fsp3) is 0.200. The summed E-state index contributed by atoms with van der Waals surface area (Å²) in [6.45, 7) is 3.52. The lowest BCUT2D eigenvalue weighted by atomic mass is 10.0. The largest absolute Gasteiger partial charge is 0.508 e.